The van der Waals surface area contributed by atoms with Crippen LogP contribution in [0.25, 0.3) is 0 Å². The molecule has 2 heterocycles. The Balaban J connectivity index is 1.32. The number of nitrogens with zero attached hydrogens (tertiary/aromatic N) is 2. The van der Waals surface area contributed by atoms with Crippen molar-refractivity contribution in [3.8, 4) is 0 Å². The molecule has 6 atom stereocenters. The first-order valence-electron chi connectivity index (χ1n) is 19.4. The molecule has 302 valence electrons. The van der Waals surface area contributed by atoms with Crippen molar-refractivity contribution in [1.29, 1.82) is 0 Å². The maximum Gasteiger partial charge on any atom is 0.305 e. The quantitative estimate of drug-likeness (QED) is 0.0525. The molecule has 0 aromatic heterocycles. The van der Waals surface area contributed by atoms with Crippen LogP contribution in [0.1, 0.15) is 55.2 Å². The van der Waals surface area contributed by atoms with Gasteiger partial charge in [0.1, 0.15) is 24.2 Å². The predicted molar refractivity (Wildman–Crippen MR) is 213 cm³/mol. The highest BCUT2D eigenvalue weighted by Gasteiger charge is 2.51. The number of carboxylic acids is 1. The summed E-state index contributed by atoms with van der Waals surface area (Å²) < 4.78 is 0. The fourth-order valence-corrected chi connectivity index (χ4v) is 7.67. The van der Waals surface area contributed by atoms with Crippen molar-refractivity contribution in [2.75, 3.05) is 13.1 Å². The van der Waals surface area contributed by atoms with E-state index in [0.29, 0.717) is 32.1 Å². The van der Waals surface area contributed by atoms with Crippen LogP contribution < -0.4 is 32.7 Å². The average molecular weight is 781 g/mol. The van der Waals surface area contributed by atoms with Gasteiger partial charge in [-0.25, -0.2) is 0 Å². The second-order valence-corrected chi connectivity index (χ2v) is 14.6. The molecule has 3 aromatic rings. The molecule has 57 heavy (non-hydrogen) atoms. The van der Waals surface area contributed by atoms with Gasteiger partial charge in [-0.15, -0.1) is 0 Å². The first-order chi connectivity index (χ1) is 27.5. The van der Waals surface area contributed by atoms with E-state index in [1.54, 1.807) is 4.90 Å². The standard InChI is InChI=1S/C42H52N8O7/c43-42(44)46-21-10-17-31(39(55)49-33(26-37(52)53)38(54)45-22-20-27-11-4-1-5-12-27)48-40(56)35-25-30(23-28-13-6-2-7-14-28)34-19-18-32(41(57)50(34)35)47-36(51)24-29-15-8-3-9-16-29/h1-9,11-16,30-35H,10,17-26H2,(H,45,54)(H,47,51)(H,48,56)(H,49,55)(H,52,53)(H4,43,44,46)/t30-,31+,32-,33+,34?,35+/m1/s1. The number of carbonyl (C=O) groups excluding carboxylic acids is 5. The molecule has 15 nitrogen and oxygen atoms in total. The number of nitrogens with one attached hydrogen (secondary N) is 4. The number of hydrogen-bond acceptors (Lipinski definition) is 7. The zero-order valence-corrected chi connectivity index (χ0v) is 31.8. The van der Waals surface area contributed by atoms with Crippen LogP contribution in [0.5, 0.6) is 0 Å². The molecule has 0 spiro atoms. The Bertz CT molecular complexity index is 1870. The van der Waals surface area contributed by atoms with Gasteiger partial charge in [-0.05, 0) is 67.6 Å². The molecule has 0 bridgehead atoms. The molecule has 2 aliphatic rings. The molecule has 0 radical (unpaired) electrons. The number of fused-ring (bicyclic) bond motifs is 1. The van der Waals surface area contributed by atoms with E-state index in [2.05, 4.69) is 26.3 Å². The molecular weight excluding hydrogens is 729 g/mol. The van der Waals surface area contributed by atoms with Crippen LogP contribution >= 0.6 is 0 Å². The number of carboxylic acid groups (broad SMARTS) is 1. The number of carbonyl (C=O) groups is 6. The lowest BCUT2D eigenvalue weighted by atomic mass is 9.86. The molecule has 2 fully saturated rings. The van der Waals surface area contributed by atoms with Crippen molar-refractivity contribution in [3.05, 3.63) is 108 Å². The van der Waals surface area contributed by atoms with Gasteiger partial charge in [0, 0.05) is 19.1 Å². The van der Waals surface area contributed by atoms with Crippen LogP contribution in [0, 0.1) is 5.92 Å². The second-order valence-electron chi connectivity index (χ2n) is 14.6. The summed E-state index contributed by atoms with van der Waals surface area (Å²) in [5.74, 6) is -4.25. The Morgan fingerprint density at radius 2 is 1.44 bits per heavy atom. The van der Waals surface area contributed by atoms with Crippen LogP contribution in [-0.4, -0.2) is 94.8 Å². The molecule has 5 rings (SSSR count). The highest BCUT2D eigenvalue weighted by atomic mass is 16.4. The first kappa shape index (κ1) is 41.9. The zero-order chi connectivity index (χ0) is 40.7. The highest BCUT2D eigenvalue weighted by molar-refractivity contribution is 5.97. The summed E-state index contributed by atoms with van der Waals surface area (Å²) in [6.45, 7) is 0.345. The highest BCUT2D eigenvalue weighted by Crippen LogP contribution is 2.39. The number of nitrogens with two attached hydrogens (primary N) is 2. The summed E-state index contributed by atoms with van der Waals surface area (Å²) in [4.78, 5) is 86.0. The zero-order valence-electron chi connectivity index (χ0n) is 31.8. The molecule has 5 amide bonds. The maximum atomic E-state index is 14.3. The lowest BCUT2D eigenvalue weighted by molar-refractivity contribution is -0.147. The Kier molecular flexibility index (Phi) is 15.1. The van der Waals surface area contributed by atoms with Gasteiger partial charge in [0.15, 0.2) is 5.96 Å². The van der Waals surface area contributed by atoms with E-state index in [1.807, 2.05) is 91.0 Å². The van der Waals surface area contributed by atoms with Crippen molar-refractivity contribution in [3.63, 3.8) is 0 Å². The van der Waals surface area contributed by atoms with E-state index in [0.717, 1.165) is 16.7 Å². The summed E-state index contributed by atoms with van der Waals surface area (Å²) >= 11 is 0. The number of aliphatic carboxylic acids is 1. The molecule has 9 N–H and O–H groups in total. The van der Waals surface area contributed by atoms with Crippen LogP contribution in [-0.2, 0) is 48.0 Å². The number of hydrogen-bond donors (Lipinski definition) is 7. The molecular formula is C42H52N8O7. The molecule has 0 saturated carbocycles. The van der Waals surface area contributed by atoms with E-state index < -0.39 is 54.3 Å². The Labute approximate surface area is 332 Å². The fraction of sp³-hybridized carbons (Fsp3) is 0.405. The fourth-order valence-electron chi connectivity index (χ4n) is 7.67. The van der Waals surface area contributed by atoms with Gasteiger partial charge >= 0.3 is 5.97 Å². The van der Waals surface area contributed by atoms with Gasteiger partial charge < -0.3 is 42.7 Å². The topological polar surface area (TPSA) is 238 Å². The minimum atomic E-state index is -1.43. The van der Waals surface area contributed by atoms with Crippen molar-refractivity contribution in [2.24, 2.45) is 22.4 Å². The van der Waals surface area contributed by atoms with Crippen molar-refractivity contribution in [1.82, 2.24) is 26.2 Å². The minimum absolute atomic E-state index is 0.0411. The summed E-state index contributed by atoms with van der Waals surface area (Å²) in [5, 5.41) is 20.5. The third-order valence-electron chi connectivity index (χ3n) is 10.4. The van der Waals surface area contributed by atoms with E-state index in [1.165, 1.54) is 0 Å². The number of amides is 5. The first-order valence-corrected chi connectivity index (χ1v) is 19.4. The van der Waals surface area contributed by atoms with Crippen LogP contribution in [0.4, 0.5) is 0 Å². The SMILES string of the molecule is NC(N)=NCCC[C@H](NC(=O)[C@@H]1C[C@@H](Cc2ccccc2)C2CC[C@@H](NC(=O)Cc3ccccc3)C(=O)N21)C(=O)N[C@@H](CC(=O)O)C(=O)NCCc1ccccc1. The van der Waals surface area contributed by atoms with Gasteiger partial charge in [-0.2, -0.15) is 0 Å². The number of rotatable bonds is 19. The molecule has 3 aromatic carbocycles. The lowest BCUT2D eigenvalue weighted by Crippen LogP contribution is -2.61. The van der Waals surface area contributed by atoms with Gasteiger partial charge in [0.25, 0.3) is 0 Å². The molecule has 1 unspecified atom stereocenters. The number of aliphatic imine (C=N–C) groups is 1. The van der Waals surface area contributed by atoms with Crippen LogP contribution in [0.15, 0.2) is 96.0 Å². The van der Waals surface area contributed by atoms with Crippen molar-refractivity contribution >= 4 is 41.5 Å². The van der Waals surface area contributed by atoms with E-state index >= 15 is 0 Å². The van der Waals surface area contributed by atoms with E-state index in [-0.39, 0.29) is 62.1 Å². The predicted octanol–water partition coefficient (Wildman–Crippen LogP) is 1.19. The molecule has 2 saturated heterocycles. The van der Waals surface area contributed by atoms with Crippen molar-refractivity contribution < 1.29 is 33.9 Å². The third-order valence-corrected chi connectivity index (χ3v) is 10.4. The van der Waals surface area contributed by atoms with Gasteiger partial charge in [-0.1, -0.05) is 91.0 Å². The summed E-state index contributed by atoms with van der Waals surface area (Å²) in [6.07, 6.45) is 2.09. The van der Waals surface area contributed by atoms with Gasteiger partial charge in [0.2, 0.25) is 29.5 Å². The molecule has 15 heteroatoms. The minimum Gasteiger partial charge on any atom is -0.481 e. The Morgan fingerprint density at radius 1 is 0.807 bits per heavy atom. The van der Waals surface area contributed by atoms with Gasteiger partial charge in [0.05, 0.1) is 12.8 Å². The summed E-state index contributed by atoms with van der Waals surface area (Å²) in [6, 6.07) is 23.6. The van der Waals surface area contributed by atoms with Gasteiger partial charge in [-0.3, -0.25) is 33.8 Å². The number of piperidine rings is 1. The second kappa shape index (κ2) is 20.6. The summed E-state index contributed by atoms with van der Waals surface area (Å²) in [7, 11) is 0. The van der Waals surface area contributed by atoms with E-state index in [4.69, 9.17) is 11.5 Å². The largest absolute Gasteiger partial charge is 0.481 e. The smallest absolute Gasteiger partial charge is 0.305 e. The van der Waals surface area contributed by atoms with Crippen LogP contribution in [0.3, 0.4) is 0 Å². The normalized spacial score (nSPS) is 19.6. The van der Waals surface area contributed by atoms with Crippen molar-refractivity contribution in [2.45, 2.75) is 88.0 Å². The monoisotopic (exact) mass is 780 g/mol. The summed E-state index contributed by atoms with van der Waals surface area (Å²) in [5.41, 5.74) is 13.8. The Morgan fingerprint density at radius 3 is 2.07 bits per heavy atom. The maximum absolute atomic E-state index is 14.3. The number of benzene rings is 3. The van der Waals surface area contributed by atoms with Crippen LogP contribution in [0.2, 0.25) is 0 Å². The molecule has 0 aliphatic carbocycles. The third kappa shape index (κ3) is 12.4. The lowest BCUT2D eigenvalue weighted by Gasteiger charge is -2.39. The average Bonchev–Trinajstić information content (AvgIpc) is 3.56. The Hall–Kier alpha value is -6.25. The van der Waals surface area contributed by atoms with E-state index in [9.17, 15) is 33.9 Å². The molecule has 2 aliphatic heterocycles. The number of guanidine groups is 1.